The zero-order valence-corrected chi connectivity index (χ0v) is 11.6. The Bertz CT molecular complexity index is 364. The first-order valence-corrected chi connectivity index (χ1v) is 6.56. The Morgan fingerprint density at radius 3 is 2.59 bits per heavy atom. The molecule has 0 aromatic carbocycles. The van der Waals surface area contributed by atoms with Gasteiger partial charge in [0, 0.05) is 29.3 Å². The van der Waals surface area contributed by atoms with Crippen LogP contribution < -0.4 is 15.2 Å². The van der Waals surface area contributed by atoms with Crippen LogP contribution in [0.3, 0.4) is 0 Å². The third-order valence-corrected chi connectivity index (χ3v) is 3.50. The highest BCUT2D eigenvalue weighted by Crippen LogP contribution is 2.31. The van der Waals surface area contributed by atoms with Gasteiger partial charge in [-0.25, -0.2) is 0 Å². The van der Waals surface area contributed by atoms with E-state index in [1.165, 1.54) is 0 Å². The van der Waals surface area contributed by atoms with Crippen LogP contribution in [0, 0.1) is 0 Å². The molecule has 0 saturated heterocycles. The predicted octanol–water partition coefficient (Wildman–Crippen LogP) is 2.07. The standard InChI is InChI=1S/C12H20N2O2S/c1-12(2,13)8-17-7-9-11(16-4)10(15-3)5-6-14-9/h5-6H,7-8,13H2,1-4H3. The predicted molar refractivity (Wildman–Crippen MR) is 71.8 cm³/mol. The first kappa shape index (κ1) is 14.1. The molecule has 0 unspecified atom stereocenters. The number of aromatic nitrogens is 1. The van der Waals surface area contributed by atoms with E-state index in [9.17, 15) is 0 Å². The Morgan fingerprint density at radius 1 is 1.35 bits per heavy atom. The second-order valence-electron chi connectivity index (χ2n) is 4.47. The second-order valence-corrected chi connectivity index (χ2v) is 5.46. The van der Waals surface area contributed by atoms with E-state index < -0.39 is 0 Å². The van der Waals surface area contributed by atoms with Crippen molar-refractivity contribution in [2.75, 3.05) is 20.0 Å². The van der Waals surface area contributed by atoms with Gasteiger partial charge in [0.1, 0.15) is 0 Å². The Balaban J connectivity index is 2.70. The van der Waals surface area contributed by atoms with Crippen molar-refractivity contribution in [1.29, 1.82) is 0 Å². The van der Waals surface area contributed by atoms with Crippen LogP contribution >= 0.6 is 11.8 Å². The van der Waals surface area contributed by atoms with Crippen molar-refractivity contribution in [2.45, 2.75) is 25.1 Å². The Hall–Kier alpha value is -0.940. The fraction of sp³-hybridized carbons (Fsp3) is 0.583. The molecule has 0 aliphatic rings. The van der Waals surface area contributed by atoms with Crippen LogP contribution in [0.25, 0.3) is 0 Å². The average molecular weight is 256 g/mol. The van der Waals surface area contributed by atoms with Gasteiger partial charge in [-0.1, -0.05) is 0 Å². The molecule has 17 heavy (non-hydrogen) atoms. The van der Waals surface area contributed by atoms with E-state index in [1.54, 1.807) is 38.2 Å². The molecule has 0 saturated carbocycles. The maximum Gasteiger partial charge on any atom is 0.183 e. The second kappa shape index (κ2) is 6.12. The number of thioether (sulfide) groups is 1. The van der Waals surface area contributed by atoms with Gasteiger partial charge in [0.2, 0.25) is 0 Å². The quantitative estimate of drug-likeness (QED) is 0.844. The fourth-order valence-electron chi connectivity index (χ4n) is 1.36. The van der Waals surface area contributed by atoms with E-state index >= 15 is 0 Å². The van der Waals surface area contributed by atoms with Gasteiger partial charge in [0.15, 0.2) is 11.5 Å². The van der Waals surface area contributed by atoms with Crippen molar-refractivity contribution in [3.8, 4) is 11.5 Å². The number of hydrogen-bond acceptors (Lipinski definition) is 5. The van der Waals surface area contributed by atoms with E-state index in [-0.39, 0.29) is 5.54 Å². The molecule has 0 aliphatic carbocycles. The molecule has 96 valence electrons. The lowest BCUT2D eigenvalue weighted by Crippen LogP contribution is -2.34. The van der Waals surface area contributed by atoms with E-state index in [0.717, 1.165) is 17.2 Å². The highest BCUT2D eigenvalue weighted by Gasteiger charge is 2.14. The normalized spacial score (nSPS) is 11.4. The lowest BCUT2D eigenvalue weighted by atomic mass is 10.1. The van der Waals surface area contributed by atoms with Crippen LogP contribution in [-0.4, -0.2) is 30.5 Å². The molecule has 0 radical (unpaired) electrons. The highest BCUT2D eigenvalue weighted by molar-refractivity contribution is 7.98. The number of methoxy groups -OCH3 is 2. The van der Waals surface area contributed by atoms with Crippen LogP contribution in [0.4, 0.5) is 0 Å². The van der Waals surface area contributed by atoms with Gasteiger partial charge in [0.25, 0.3) is 0 Å². The maximum absolute atomic E-state index is 5.93. The van der Waals surface area contributed by atoms with Gasteiger partial charge in [-0.05, 0) is 13.8 Å². The van der Waals surface area contributed by atoms with Gasteiger partial charge in [0.05, 0.1) is 19.9 Å². The summed E-state index contributed by atoms with van der Waals surface area (Å²) in [5, 5.41) is 0. The fourth-order valence-corrected chi connectivity index (χ4v) is 2.39. The van der Waals surface area contributed by atoms with Crippen molar-refractivity contribution in [1.82, 2.24) is 4.98 Å². The molecule has 1 aromatic rings. The number of rotatable bonds is 6. The van der Waals surface area contributed by atoms with E-state index in [0.29, 0.717) is 11.5 Å². The topological polar surface area (TPSA) is 57.4 Å². The lowest BCUT2D eigenvalue weighted by molar-refractivity contribution is 0.350. The zero-order valence-electron chi connectivity index (χ0n) is 10.8. The molecule has 1 heterocycles. The Morgan fingerprint density at radius 2 is 2.06 bits per heavy atom. The number of pyridine rings is 1. The minimum absolute atomic E-state index is 0.170. The zero-order chi connectivity index (χ0) is 12.9. The maximum atomic E-state index is 5.93. The number of nitrogens with zero attached hydrogens (tertiary/aromatic N) is 1. The van der Waals surface area contributed by atoms with E-state index in [1.807, 2.05) is 13.8 Å². The number of hydrogen-bond donors (Lipinski definition) is 1. The highest BCUT2D eigenvalue weighted by atomic mass is 32.2. The summed E-state index contributed by atoms with van der Waals surface area (Å²) in [5.41, 5.74) is 6.65. The molecule has 1 aromatic heterocycles. The molecular weight excluding hydrogens is 236 g/mol. The van der Waals surface area contributed by atoms with Crippen molar-refractivity contribution in [3.05, 3.63) is 18.0 Å². The molecule has 0 fully saturated rings. The van der Waals surface area contributed by atoms with Crippen LogP contribution in [0.1, 0.15) is 19.5 Å². The molecule has 0 aliphatic heterocycles. The number of nitrogens with two attached hydrogens (primary N) is 1. The molecule has 2 N–H and O–H groups in total. The summed E-state index contributed by atoms with van der Waals surface area (Å²) in [5.74, 6) is 3.05. The van der Waals surface area contributed by atoms with Crippen LogP contribution in [0.5, 0.6) is 11.5 Å². The van der Waals surface area contributed by atoms with Gasteiger partial charge in [-0.2, -0.15) is 11.8 Å². The van der Waals surface area contributed by atoms with Crippen molar-refractivity contribution >= 4 is 11.8 Å². The summed E-state index contributed by atoms with van der Waals surface area (Å²) in [6.07, 6.45) is 1.73. The summed E-state index contributed by atoms with van der Waals surface area (Å²) < 4.78 is 10.5. The van der Waals surface area contributed by atoms with Crippen LogP contribution in [-0.2, 0) is 5.75 Å². The SMILES string of the molecule is COc1ccnc(CSCC(C)(C)N)c1OC. The molecule has 1 rings (SSSR count). The molecule has 0 bridgehead atoms. The summed E-state index contributed by atoms with van der Waals surface area (Å²) in [4.78, 5) is 4.31. The lowest BCUT2D eigenvalue weighted by Gasteiger charge is -2.18. The van der Waals surface area contributed by atoms with E-state index in [2.05, 4.69) is 4.98 Å². The van der Waals surface area contributed by atoms with Crippen LogP contribution in [0.15, 0.2) is 12.3 Å². The van der Waals surface area contributed by atoms with Gasteiger partial charge in [-0.3, -0.25) is 4.98 Å². The van der Waals surface area contributed by atoms with Gasteiger partial charge < -0.3 is 15.2 Å². The molecule has 0 amide bonds. The first-order valence-electron chi connectivity index (χ1n) is 5.40. The largest absolute Gasteiger partial charge is 0.493 e. The summed E-state index contributed by atoms with van der Waals surface area (Å²) in [6.45, 7) is 4.02. The van der Waals surface area contributed by atoms with Crippen molar-refractivity contribution < 1.29 is 9.47 Å². The first-order chi connectivity index (χ1) is 7.98. The molecule has 0 atom stereocenters. The van der Waals surface area contributed by atoms with Crippen LogP contribution in [0.2, 0.25) is 0 Å². The Labute approximate surface area is 107 Å². The molecule has 0 spiro atoms. The monoisotopic (exact) mass is 256 g/mol. The van der Waals surface area contributed by atoms with Crippen molar-refractivity contribution in [3.63, 3.8) is 0 Å². The molecular formula is C12H20N2O2S. The van der Waals surface area contributed by atoms with Crippen molar-refractivity contribution in [2.24, 2.45) is 5.73 Å². The average Bonchev–Trinajstić information content (AvgIpc) is 2.27. The molecule has 4 nitrogen and oxygen atoms in total. The Kier molecular flexibility index (Phi) is 5.08. The summed E-state index contributed by atoms with van der Waals surface area (Å²) in [7, 11) is 3.25. The third-order valence-electron chi connectivity index (χ3n) is 2.08. The summed E-state index contributed by atoms with van der Waals surface area (Å²) in [6, 6.07) is 1.79. The number of ether oxygens (including phenoxy) is 2. The summed E-state index contributed by atoms with van der Waals surface area (Å²) >= 11 is 1.74. The van der Waals surface area contributed by atoms with E-state index in [4.69, 9.17) is 15.2 Å². The minimum Gasteiger partial charge on any atom is -0.493 e. The smallest absolute Gasteiger partial charge is 0.183 e. The third kappa shape index (κ3) is 4.44. The minimum atomic E-state index is -0.170. The van der Waals surface area contributed by atoms with Gasteiger partial charge >= 0.3 is 0 Å². The van der Waals surface area contributed by atoms with Gasteiger partial charge in [-0.15, -0.1) is 0 Å². The molecule has 5 heteroatoms.